The lowest BCUT2D eigenvalue weighted by molar-refractivity contribution is 0.174. The van der Waals surface area contributed by atoms with Crippen molar-refractivity contribution in [3.8, 4) is 11.5 Å². The zero-order valence-corrected chi connectivity index (χ0v) is 13.3. The van der Waals surface area contributed by atoms with Crippen LogP contribution >= 0.6 is 0 Å². The van der Waals surface area contributed by atoms with Gasteiger partial charge in [0.05, 0.1) is 0 Å². The summed E-state index contributed by atoms with van der Waals surface area (Å²) in [6.45, 7) is 4.63. The Kier molecular flexibility index (Phi) is 7.44. The van der Waals surface area contributed by atoms with Crippen molar-refractivity contribution in [3.05, 3.63) is 23.8 Å². The van der Waals surface area contributed by atoms with Crippen LogP contribution in [0.3, 0.4) is 0 Å². The largest absolute Gasteiger partial charge is 0.454 e. The van der Waals surface area contributed by atoms with Gasteiger partial charge in [0.1, 0.15) is 0 Å². The van der Waals surface area contributed by atoms with Crippen LogP contribution in [-0.2, 0) is 6.54 Å². The van der Waals surface area contributed by atoms with E-state index in [2.05, 4.69) is 24.4 Å². The van der Waals surface area contributed by atoms with Gasteiger partial charge in [-0.3, -0.25) is 0 Å². The summed E-state index contributed by atoms with van der Waals surface area (Å²) >= 11 is 0. The molecule has 0 atom stereocenters. The summed E-state index contributed by atoms with van der Waals surface area (Å²) in [5.41, 5.74) is 1.26. The molecule has 3 nitrogen and oxygen atoms in total. The van der Waals surface area contributed by atoms with Crippen LogP contribution in [-0.4, -0.2) is 13.3 Å². The Morgan fingerprint density at radius 3 is 2.43 bits per heavy atom. The van der Waals surface area contributed by atoms with Gasteiger partial charge in [-0.05, 0) is 30.7 Å². The average Bonchev–Trinajstić information content (AvgIpc) is 2.97. The highest BCUT2D eigenvalue weighted by Crippen LogP contribution is 2.32. The van der Waals surface area contributed by atoms with E-state index in [1.807, 2.05) is 6.07 Å². The van der Waals surface area contributed by atoms with Crippen LogP contribution in [0.5, 0.6) is 11.5 Å². The molecule has 1 aromatic carbocycles. The Labute approximate surface area is 129 Å². The first-order chi connectivity index (χ1) is 10.4. The van der Waals surface area contributed by atoms with Gasteiger partial charge >= 0.3 is 0 Å². The minimum absolute atomic E-state index is 0.352. The number of ether oxygens (including phenoxy) is 2. The zero-order valence-electron chi connectivity index (χ0n) is 13.3. The first-order valence-corrected chi connectivity index (χ1v) is 8.49. The number of rotatable bonds is 11. The molecule has 3 heteroatoms. The van der Waals surface area contributed by atoms with Crippen molar-refractivity contribution in [1.82, 2.24) is 5.32 Å². The van der Waals surface area contributed by atoms with Crippen LogP contribution in [0.1, 0.15) is 63.9 Å². The molecule has 21 heavy (non-hydrogen) atoms. The first-order valence-electron chi connectivity index (χ1n) is 8.49. The highest BCUT2D eigenvalue weighted by molar-refractivity contribution is 5.44. The van der Waals surface area contributed by atoms with Gasteiger partial charge in [-0.1, -0.05) is 57.9 Å². The van der Waals surface area contributed by atoms with Crippen molar-refractivity contribution in [2.45, 2.75) is 64.8 Å². The number of unbranched alkanes of at least 4 members (excludes halogenated alkanes) is 7. The monoisotopic (exact) mass is 291 g/mol. The van der Waals surface area contributed by atoms with Crippen molar-refractivity contribution in [2.24, 2.45) is 0 Å². The van der Waals surface area contributed by atoms with Crippen molar-refractivity contribution < 1.29 is 9.47 Å². The first kappa shape index (κ1) is 16.2. The van der Waals surface area contributed by atoms with E-state index >= 15 is 0 Å². The predicted molar refractivity (Wildman–Crippen MR) is 86.9 cm³/mol. The topological polar surface area (TPSA) is 30.5 Å². The third kappa shape index (κ3) is 5.96. The Hall–Kier alpha value is -1.22. The molecule has 0 fully saturated rings. The summed E-state index contributed by atoms with van der Waals surface area (Å²) in [7, 11) is 0. The minimum Gasteiger partial charge on any atom is -0.454 e. The summed E-state index contributed by atoms with van der Waals surface area (Å²) in [5.74, 6) is 1.74. The van der Waals surface area contributed by atoms with Crippen LogP contribution in [0, 0.1) is 0 Å². The molecule has 0 spiro atoms. The summed E-state index contributed by atoms with van der Waals surface area (Å²) in [4.78, 5) is 0. The molecule has 1 aromatic rings. The molecule has 1 N–H and O–H groups in total. The molecular weight excluding hydrogens is 262 g/mol. The van der Waals surface area contributed by atoms with Crippen molar-refractivity contribution in [3.63, 3.8) is 0 Å². The highest BCUT2D eigenvalue weighted by Gasteiger charge is 2.12. The Morgan fingerprint density at radius 1 is 0.905 bits per heavy atom. The van der Waals surface area contributed by atoms with E-state index in [-0.39, 0.29) is 0 Å². The lowest BCUT2D eigenvalue weighted by Crippen LogP contribution is -2.14. The number of hydrogen-bond donors (Lipinski definition) is 1. The van der Waals surface area contributed by atoms with Crippen molar-refractivity contribution in [2.75, 3.05) is 13.3 Å². The third-order valence-corrected chi connectivity index (χ3v) is 3.97. The van der Waals surface area contributed by atoms with Gasteiger partial charge in [-0.15, -0.1) is 0 Å². The second-order valence-corrected chi connectivity index (χ2v) is 5.84. The van der Waals surface area contributed by atoms with Gasteiger partial charge < -0.3 is 14.8 Å². The maximum absolute atomic E-state index is 5.39. The van der Waals surface area contributed by atoms with Gasteiger partial charge in [0.15, 0.2) is 11.5 Å². The van der Waals surface area contributed by atoms with E-state index < -0.39 is 0 Å². The molecule has 118 valence electrons. The Bertz CT molecular complexity index is 406. The molecule has 1 aliphatic rings. The van der Waals surface area contributed by atoms with E-state index in [0.717, 1.165) is 24.6 Å². The second kappa shape index (κ2) is 9.67. The van der Waals surface area contributed by atoms with Crippen molar-refractivity contribution >= 4 is 0 Å². The highest BCUT2D eigenvalue weighted by atomic mass is 16.7. The normalized spacial score (nSPS) is 12.8. The van der Waals surface area contributed by atoms with Crippen LogP contribution < -0.4 is 14.8 Å². The zero-order chi connectivity index (χ0) is 14.8. The number of fused-ring (bicyclic) bond motifs is 1. The van der Waals surface area contributed by atoms with E-state index in [1.165, 1.54) is 56.9 Å². The summed E-state index contributed by atoms with van der Waals surface area (Å²) in [6, 6.07) is 6.17. The minimum atomic E-state index is 0.352. The summed E-state index contributed by atoms with van der Waals surface area (Å²) in [5, 5.41) is 3.51. The van der Waals surface area contributed by atoms with E-state index in [9.17, 15) is 0 Å². The molecule has 0 unspecified atom stereocenters. The lowest BCUT2D eigenvalue weighted by Gasteiger charge is -2.06. The molecule has 1 heterocycles. The van der Waals surface area contributed by atoms with Crippen LogP contribution in [0.15, 0.2) is 18.2 Å². The van der Waals surface area contributed by atoms with E-state index in [4.69, 9.17) is 9.47 Å². The number of hydrogen-bond acceptors (Lipinski definition) is 3. The summed E-state index contributed by atoms with van der Waals surface area (Å²) < 4.78 is 10.7. The van der Waals surface area contributed by atoms with E-state index in [1.54, 1.807) is 0 Å². The maximum Gasteiger partial charge on any atom is 0.231 e. The standard InChI is InChI=1S/C18H29NO2/c1-2-3-4-5-6-7-8-9-12-19-14-16-10-11-17-18(13-16)21-15-20-17/h10-11,13,19H,2-9,12,14-15H2,1H3. The van der Waals surface area contributed by atoms with Crippen LogP contribution in [0.4, 0.5) is 0 Å². The van der Waals surface area contributed by atoms with Crippen LogP contribution in [0.25, 0.3) is 0 Å². The van der Waals surface area contributed by atoms with Crippen LogP contribution in [0.2, 0.25) is 0 Å². The molecule has 1 aliphatic heterocycles. The molecule has 0 aromatic heterocycles. The van der Waals surface area contributed by atoms with Gasteiger partial charge in [0, 0.05) is 6.54 Å². The molecule has 0 radical (unpaired) electrons. The fourth-order valence-electron chi connectivity index (χ4n) is 2.67. The molecular formula is C18H29NO2. The SMILES string of the molecule is CCCCCCCCCCNCc1ccc2c(c1)OCO2. The number of nitrogens with one attached hydrogen (secondary N) is 1. The quantitative estimate of drug-likeness (QED) is 0.602. The molecule has 0 saturated heterocycles. The predicted octanol–water partition coefficient (Wildman–Crippen LogP) is 4.65. The average molecular weight is 291 g/mol. The fourth-order valence-corrected chi connectivity index (χ4v) is 2.67. The van der Waals surface area contributed by atoms with E-state index in [0.29, 0.717) is 6.79 Å². The molecule has 0 saturated carbocycles. The molecule has 0 amide bonds. The maximum atomic E-state index is 5.39. The fraction of sp³-hybridized carbons (Fsp3) is 0.667. The lowest BCUT2D eigenvalue weighted by atomic mass is 10.1. The molecule has 2 rings (SSSR count). The third-order valence-electron chi connectivity index (χ3n) is 3.97. The smallest absolute Gasteiger partial charge is 0.231 e. The van der Waals surface area contributed by atoms with Crippen molar-refractivity contribution in [1.29, 1.82) is 0 Å². The number of benzene rings is 1. The second-order valence-electron chi connectivity index (χ2n) is 5.84. The Morgan fingerprint density at radius 2 is 1.62 bits per heavy atom. The summed E-state index contributed by atoms with van der Waals surface area (Å²) in [6.07, 6.45) is 11.0. The molecule has 0 bridgehead atoms. The Balaban J connectivity index is 1.47. The van der Waals surface area contributed by atoms with Gasteiger partial charge in [-0.25, -0.2) is 0 Å². The van der Waals surface area contributed by atoms with Gasteiger partial charge in [0.2, 0.25) is 6.79 Å². The molecule has 0 aliphatic carbocycles. The van der Waals surface area contributed by atoms with Gasteiger partial charge in [-0.2, -0.15) is 0 Å². The van der Waals surface area contributed by atoms with Gasteiger partial charge in [0.25, 0.3) is 0 Å².